The molecule has 0 unspecified atom stereocenters. The molecule has 2 saturated heterocycles. The Hall–Kier alpha value is -4.40. The quantitative estimate of drug-likeness (QED) is 0.150. The minimum absolute atomic E-state index is 0.555. The van der Waals surface area contributed by atoms with Gasteiger partial charge in [0.25, 0.3) is 0 Å². The second kappa shape index (κ2) is 13.5. The summed E-state index contributed by atoms with van der Waals surface area (Å²) in [5.41, 5.74) is 3.58. The van der Waals surface area contributed by atoms with E-state index in [1.165, 1.54) is 51.9 Å². The van der Waals surface area contributed by atoms with Crippen LogP contribution in [-0.4, -0.2) is 72.3 Å². The zero-order valence-corrected chi connectivity index (χ0v) is 25.0. The second-order valence-electron chi connectivity index (χ2n) is 11.5. The smallest absolute Gasteiger partial charge is 0.226 e. The van der Waals surface area contributed by atoms with Gasteiger partial charge in [-0.3, -0.25) is 9.80 Å². The summed E-state index contributed by atoms with van der Waals surface area (Å²) in [6, 6.07) is 23.9. The van der Waals surface area contributed by atoms with Crippen LogP contribution < -0.4 is 9.47 Å². The molecule has 0 spiro atoms. The highest BCUT2D eigenvalue weighted by molar-refractivity contribution is 5.69. The largest absolute Gasteiger partial charge is 0.492 e. The predicted molar refractivity (Wildman–Crippen MR) is 171 cm³/mol. The van der Waals surface area contributed by atoms with Crippen molar-refractivity contribution < 1.29 is 18.3 Å². The van der Waals surface area contributed by atoms with Crippen molar-refractivity contribution in [3.63, 3.8) is 0 Å². The molecule has 2 aliphatic heterocycles. The molecule has 0 amide bonds. The Kier molecular flexibility index (Phi) is 8.70. The van der Waals surface area contributed by atoms with Crippen molar-refractivity contribution in [3.05, 3.63) is 85.2 Å². The molecule has 44 heavy (non-hydrogen) atoms. The molecule has 2 aliphatic rings. The molecule has 0 atom stereocenters. The first-order valence-electron chi connectivity index (χ1n) is 15.7. The van der Waals surface area contributed by atoms with Crippen molar-refractivity contribution in [3.8, 4) is 57.1 Å². The number of benzene rings is 3. The Labute approximate surface area is 258 Å². The Balaban J connectivity index is 1.01. The van der Waals surface area contributed by atoms with Crippen molar-refractivity contribution in [1.29, 1.82) is 0 Å². The van der Waals surface area contributed by atoms with E-state index in [4.69, 9.17) is 18.3 Å². The number of hydrogen-bond donors (Lipinski definition) is 0. The zero-order valence-electron chi connectivity index (χ0n) is 25.0. The molecule has 0 bridgehead atoms. The van der Waals surface area contributed by atoms with Crippen molar-refractivity contribution in [2.45, 2.75) is 25.7 Å². The van der Waals surface area contributed by atoms with Crippen molar-refractivity contribution >= 4 is 0 Å². The molecule has 8 nitrogen and oxygen atoms in total. The minimum atomic E-state index is 0.555. The number of rotatable bonds is 12. The van der Waals surface area contributed by atoms with E-state index in [0.717, 1.165) is 46.8 Å². The first-order chi connectivity index (χ1) is 21.8. The normalized spacial score (nSPS) is 15.6. The molecule has 4 heterocycles. The summed E-state index contributed by atoms with van der Waals surface area (Å²) in [6.07, 6.45) is 8.66. The third-order valence-corrected chi connectivity index (χ3v) is 8.35. The molecule has 0 N–H and O–H groups in total. The Morgan fingerprint density at radius 3 is 1.45 bits per heavy atom. The third kappa shape index (κ3) is 6.87. The molecule has 7 rings (SSSR count). The van der Waals surface area contributed by atoms with Crippen LogP contribution >= 0.6 is 0 Å². The highest BCUT2D eigenvalue weighted by atomic mass is 16.5. The van der Waals surface area contributed by atoms with E-state index in [1.807, 2.05) is 72.8 Å². The molecule has 5 aromatic rings. The SMILES string of the molecule is c1cc(-c2cnc(-c3cccc(OCCN4CCCC4)c3)o2)cc(-c2cnc(-c3cccc(OCCN4CCCC4)c3)o2)c1. The van der Waals surface area contributed by atoms with Crippen LogP contribution in [0.3, 0.4) is 0 Å². The van der Waals surface area contributed by atoms with E-state index in [9.17, 15) is 0 Å². The van der Waals surface area contributed by atoms with Crippen LogP contribution in [0.25, 0.3) is 45.6 Å². The lowest BCUT2D eigenvalue weighted by atomic mass is 10.1. The van der Waals surface area contributed by atoms with Crippen LogP contribution in [0.2, 0.25) is 0 Å². The molecular weight excluding hydrogens is 552 g/mol. The van der Waals surface area contributed by atoms with E-state index in [2.05, 4.69) is 19.8 Å². The number of aromatic nitrogens is 2. The van der Waals surface area contributed by atoms with Crippen LogP contribution in [0.1, 0.15) is 25.7 Å². The fourth-order valence-corrected chi connectivity index (χ4v) is 5.94. The summed E-state index contributed by atoms with van der Waals surface area (Å²) in [4.78, 5) is 14.0. The summed E-state index contributed by atoms with van der Waals surface area (Å²) < 4.78 is 24.5. The maximum Gasteiger partial charge on any atom is 0.226 e. The third-order valence-electron chi connectivity index (χ3n) is 8.35. The number of hydrogen-bond acceptors (Lipinski definition) is 8. The summed E-state index contributed by atoms with van der Waals surface area (Å²) >= 11 is 0. The number of ether oxygens (including phenoxy) is 2. The standard InChI is InChI=1S/C36H38N4O4/c1-2-15-39(14-1)18-20-41-31-12-6-10-29(23-31)35-37-25-33(43-35)27-8-5-9-28(22-27)34-26-38-36(44-34)30-11-7-13-32(24-30)42-21-19-40-16-3-4-17-40/h5-13,22-26H,1-4,14-21H2. The van der Waals surface area contributed by atoms with Gasteiger partial charge in [-0.15, -0.1) is 0 Å². The molecular formula is C36H38N4O4. The summed E-state index contributed by atoms with van der Waals surface area (Å²) in [7, 11) is 0. The molecule has 3 aromatic carbocycles. The molecule has 2 aromatic heterocycles. The lowest BCUT2D eigenvalue weighted by Crippen LogP contribution is -2.25. The molecule has 8 heteroatoms. The molecule has 2 fully saturated rings. The highest BCUT2D eigenvalue weighted by Gasteiger charge is 2.15. The van der Waals surface area contributed by atoms with Gasteiger partial charge in [-0.1, -0.05) is 30.3 Å². The van der Waals surface area contributed by atoms with Crippen LogP contribution in [0, 0.1) is 0 Å². The maximum absolute atomic E-state index is 6.20. The summed E-state index contributed by atoms with van der Waals surface area (Å²) in [5.74, 6) is 4.12. The van der Waals surface area contributed by atoms with Crippen LogP contribution in [0.4, 0.5) is 0 Å². The predicted octanol–water partition coefficient (Wildman–Crippen LogP) is 7.28. The topological polar surface area (TPSA) is 77.0 Å². The van der Waals surface area contributed by atoms with E-state index in [-0.39, 0.29) is 0 Å². The van der Waals surface area contributed by atoms with Crippen molar-refractivity contribution in [1.82, 2.24) is 19.8 Å². The molecule has 0 saturated carbocycles. The highest BCUT2D eigenvalue weighted by Crippen LogP contribution is 2.32. The minimum Gasteiger partial charge on any atom is -0.492 e. The lowest BCUT2D eigenvalue weighted by Gasteiger charge is -2.15. The van der Waals surface area contributed by atoms with Gasteiger partial charge in [0.15, 0.2) is 11.5 Å². The van der Waals surface area contributed by atoms with Gasteiger partial charge in [0.1, 0.15) is 24.7 Å². The van der Waals surface area contributed by atoms with E-state index in [0.29, 0.717) is 36.5 Å². The van der Waals surface area contributed by atoms with Gasteiger partial charge in [-0.25, -0.2) is 9.97 Å². The summed E-state index contributed by atoms with van der Waals surface area (Å²) in [5, 5.41) is 0. The van der Waals surface area contributed by atoms with Gasteiger partial charge in [0.05, 0.1) is 12.4 Å². The van der Waals surface area contributed by atoms with Gasteiger partial charge < -0.3 is 18.3 Å². The monoisotopic (exact) mass is 590 g/mol. The molecule has 226 valence electrons. The van der Waals surface area contributed by atoms with E-state index in [1.54, 1.807) is 12.4 Å². The first kappa shape index (κ1) is 28.4. The van der Waals surface area contributed by atoms with E-state index < -0.39 is 0 Å². The van der Waals surface area contributed by atoms with Gasteiger partial charge >= 0.3 is 0 Å². The van der Waals surface area contributed by atoms with E-state index >= 15 is 0 Å². The second-order valence-corrected chi connectivity index (χ2v) is 11.5. The average Bonchev–Trinajstić information content (AvgIpc) is 3.90. The molecule has 0 radical (unpaired) electrons. The number of likely N-dealkylation sites (tertiary alicyclic amines) is 2. The fraction of sp³-hybridized carbons (Fsp3) is 0.333. The fourth-order valence-electron chi connectivity index (χ4n) is 5.94. The van der Waals surface area contributed by atoms with Crippen LogP contribution in [0.15, 0.2) is 94.0 Å². The van der Waals surface area contributed by atoms with Gasteiger partial charge in [0, 0.05) is 35.3 Å². The summed E-state index contributed by atoms with van der Waals surface area (Å²) in [6.45, 7) is 7.94. The van der Waals surface area contributed by atoms with Gasteiger partial charge in [0.2, 0.25) is 11.8 Å². The van der Waals surface area contributed by atoms with Crippen LogP contribution in [0.5, 0.6) is 11.5 Å². The first-order valence-corrected chi connectivity index (χ1v) is 15.7. The average molecular weight is 591 g/mol. The van der Waals surface area contributed by atoms with Gasteiger partial charge in [-0.05, 0) is 94.3 Å². The van der Waals surface area contributed by atoms with Crippen molar-refractivity contribution in [2.75, 3.05) is 52.5 Å². The Morgan fingerprint density at radius 2 is 0.977 bits per heavy atom. The maximum atomic E-state index is 6.20. The lowest BCUT2D eigenvalue weighted by molar-refractivity contribution is 0.238. The Bertz CT molecular complexity index is 1550. The van der Waals surface area contributed by atoms with Crippen LogP contribution in [-0.2, 0) is 0 Å². The van der Waals surface area contributed by atoms with Crippen molar-refractivity contribution in [2.24, 2.45) is 0 Å². The van der Waals surface area contributed by atoms with Gasteiger partial charge in [-0.2, -0.15) is 0 Å². The number of oxazole rings is 2. The Morgan fingerprint density at radius 1 is 0.545 bits per heavy atom. The zero-order chi connectivity index (χ0) is 29.6. The number of nitrogens with zero attached hydrogens (tertiary/aromatic N) is 4. The molecule has 0 aliphatic carbocycles.